The van der Waals surface area contributed by atoms with Crippen molar-refractivity contribution in [1.82, 2.24) is 4.90 Å². The summed E-state index contributed by atoms with van der Waals surface area (Å²) in [6.07, 6.45) is 2.36. The maximum Gasteiger partial charge on any atom is 0.223 e. The largest absolute Gasteiger partial charge is 0.311 e. The van der Waals surface area contributed by atoms with Crippen molar-refractivity contribution in [3.8, 4) is 0 Å². The van der Waals surface area contributed by atoms with E-state index in [1.54, 1.807) is 6.92 Å². The van der Waals surface area contributed by atoms with Crippen molar-refractivity contribution in [2.24, 2.45) is 0 Å². The highest BCUT2D eigenvalue weighted by Crippen LogP contribution is 2.49. The lowest BCUT2D eigenvalue weighted by molar-refractivity contribution is -0.116. The number of hydrogen-bond acceptors (Lipinski definition) is 3. The van der Waals surface area contributed by atoms with Crippen LogP contribution in [0.2, 0.25) is 0 Å². The summed E-state index contributed by atoms with van der Waals surface area (Å²) in [5.41, 5.74) is 1.42. The first-order valence-electron chi connectivity index (χ1n) is 6.17. The zero-order valence-corrected chi connectivity index (χ0v) is 11.2. The van der Waals surface area contributed by atoms with Crippen LogP contribution >= 0.6 is 11.3 Å². The van der Waals surface area contributed by atoms with Gasteiger partial charge in [0.1, 0.15) is 0 Å². The van der Waals surface area contributed by atoms with E-state index in [0.717, 1.165) is 19.6 Å². The van der Waals surface area contributed by atoms with E-state index in [1.807, 2.05) is 16.2 Å². The van der Waals surface area contributed by atoms with Crippen molar-refractivity contribution < 1.29 is 4.79 Å². The smallest absolute Gasteiger partial charge is 0.223 e. The summed E-state index contributed by atoms with van der Waals surface area (Å²) < 4.78 is 0. The van der Waals surface area contributed by atoms with E-state index < -0.39 is 0 Å². The molecule has 0 radical (unpaired) electrons. The summed E-state index contributed by atoms with van der Waals surface area (Å²) in [5.74, 6) is 0.181. The quantitative estimate of drug-likeness (QED) is 0.704. The van der Waals surface area contributed by atoms with Crippen LogP contribution in [0.15, 0.2) is 11.4 Å². The molecule has 3 nitrogen and oxygen atoms in total. The number of carbonyl (C=O) groups excluding carboxylic acids is 1. The van der Waals surface area contributed by atoms with Gasteiger partial charge in [-0.3, -0.25) is 4.79 Å². The minimum Gasteiger partial charge on any atom is -0.311 e. The molecule has 0 unspecified atom stereocenters. The third-order valence-corrected chi connectivity index (χ3v) is 5.35. The number of fused-ring (bicyclic) bond motifs is 2. The zero-order valence-electron chi connectivity index (χ0n) is 10.4. The Morgan fingerprint density at radius 1 is 1.41 bits per heavy atom. The normalized spacial score (nSPS) is 23.1. The Bertz CT molecular complexity index is 446. The second-order valence-corrected chi connectivity index (χ2v) is 6.24. The highest BCUT2D eigenvalue weighted by molar-refractivity contribution is 7.10. The van der Waals surface area contributed by atoms with Gasteiger partial charge in [0.25, 0.3) is 0 Å². The Morgan fingerprint density at radius 2 is 2.12 bits per heavy atom. The predicted molar refractivity (Wildman–Crippen MR) is 70.8 cm³/mol. The van der Waals surface area contributed by atoms with Crippen LogP contribution in [0.5, 0.6) is 0 Å². The van der Waals surface area contributed by atoms with Gasteiger partial charge in [0, 0.05) is 23.8 Å². The molecule has 2 aliphatic rings. The average Bonchev–Trinajstić information content (AvgIpc) is 2.86. The van der Waals surface area contributed by atoms with Gasteiger partial charge in [-0.15, -0.1) is 11.3 Å². The molecule has 4 heteroatoms. The minimum absolute atomic E-state index is 0.181. The van der Waals surface area contributed by atoms with Gasteiger partial charge < -0.3 is 9.80 Å². The molecular formula is C13H18N2OS. The molecule has 2 aliphatic heterocycles. The standard InChI is InChI=1S/C13H18N2OS/c1-10(16)15-9-13(4-6-14(2)7-5-13)12-11(15)3-8-17-12/h3,8H,4-7,9H2,1-2H3. The molecule has 92 valence electrons. The Hall–Kier alpha value is -0.870. The fraction of sp³-hybridized carbons (Fsp3) is 0.615. The maximum absolute atomic E-state index is 11.7. The van der Waals surface area contributed by atoms with Crippen LogP contribution in [0.4, 0.5) is 5.69 Å². The number of nitrogens with zero attached hydrogens (tertiary/aromatic N) is 2. The molecule has 0 bridgehead atoms. The molecule has 1 saturated heterocycles. The van der Waals surface area contributed by atoms with Gasteiger partial charge >= 0.3 is 0 Å². The number of likely N-dealkylation sites (tertiary alicyclic amines) is 1. The summed E-state index contributed by atoms with van der Waals surface area (Å²) in [5, 5.41) is 2.12. The number of amides is 1. The number of piperidine rings is 1. The third-order valence-electron chi connectivity index (χ3n) is 4.20. The van der Waals surface area contributed by atoms with Crippen LogP contribution in [0.1, 0.15) is 24.6 Å². The molecule has 0 N–H and O–H groups in total. The summed E-state index contributed by atoms with van der Waals surface area (Å²) in [6, 6.07) is 2.11. The zero-order chi connectivity index (χ0) is 12.0. The molecule has 0 atom stereocenters. The Labute approximate surface area is 106 Å². The third kappa shape index (κ3) is 1.62. The van der Waals surface area contributed by atoms with Gasteiger partial charge in [0.2, 0.25) is 5.91 Å². The van der Waals surface area contributed by atoms with Gasteiger partial charge in [-0.05, 0) is 44.4 Å². The van der Waals surface area contributed by atoms with Crippen LogP contribution in [0.3, 0.4) is 0 Å². The van der Waals surface area contributed by atoms with Gasteiger partial charge in [0.05, 0.1) is 5.69 Å². The van der Waals surface area contributed by atoms with E-state index in [9.17, 15) is 4.79 Å². The van der Waals surface area contributed by atoms with Gasteiger partial charge in [-0.2, -0.15) is 0 Å². The molecule has 1 aromatic rings. The second-order valence-electron chi connectivity index (χ2n) is 5.32. The molecule has 1 aromatic heterocycles. The second kappa shape index (κ2) is 3.82. The SMILES string of the molecule is CC(=O)N1CC2(CCN(C)CC2)c2sccc21. The Morgan fingerprint density at radius 3 is 2.76 bits per heavy atom. The lowest BCUT2D eigenvalue weighted by atomic mass is 9.78. The van der Waals surface area contributed by atoms with Gasteiger partial charge in [0.15, 0.2) is 0 Å². The van der Waals surface area contributed by atoms with Crippen molar-refractivity contribution in [1.29, 1.82) is 0 Å². The molecule has 1 fully saturated rings. The number of hydrogen-bond donors (Lipinski definition) is 0. The molecule has 17 heavy (non-hydrogen) atoms. The fourth-order valence-corrected chi connectivity index (χ4v) is 4.23. The number of rotatable bonds is 0. The van der Waals surface area contributed by atoms with Crippen molar-refractivity contribution in [2.75, 3.05) is 31.6 Å². The fourth-order valence-electron chi connectivity index (χ4n) is 3.08. The van der Waals surface area contributed by atoms with Crippen LogP contribution in [-0.2, 0) is 10.2 Å². The summed E-state index contributed by atoms with van der Waals surface area (Å²) in [4.78, 5) is 17.5. The molecular weight excluding hydrogens is 232 g/mol. The summed E-state index contributed by atoms with van der Waals surface area (Å²) in [6.45, 7) is 4.86. The van der Waals surface area contributed by atoms with E-state index in [2.05, 4.69) is 23.4 Å². The first-order chi connectivity index (χ1) is 8.12. The first-order valence-corrected chi connectivity index (χ1v) is 7.05. The molecule has 1 spiro atoms. The first kappa shape index (κ1) is 11.2. The van der Waals surface area contributed by atoms with Crippen LogP contribution in [0.25, 0.3) is 0 Å². The van der Waals surface area contributed by atoms with Crippen molar-refractivity contribution >= 4 is 22.9 Å². The Kier molecular flexibility index (Phi) is 2.52. The van der Waals surface area contributed by atoms with Gasteiger partial charge in [-0.1, -0.05) is 0 Å². The number of thiophene rings is 1. The Balaban J connectivity index is 1.97. The monoisotopic (exact) mass is 250 g/mol. The molecule has 3 rings (SSSR count). The van der Waals surface area contributed by atoms with Crippen LogP contribution in [0, 0.1) is 0 Å². The minimum atomic E-state index is 0.181. The van der Waals surface area contributed by atoms with E-state index in [-0.39, 0.29) is 11.3 Å². The average molecular weight is 250 g/mol. The maximum atomic E-state index is 11.7. The number of anilines is 1. The van der Waals surface area contributed by atoms with Gasteiger partial charge in [-0.25, -0.2) is 0 Å². The van der Waals surface area contributed by atoms with E-state index in [4.69, 9.17) is 0 Å². The summed E-state index contributed by atoms with van der Waals surface area (Å²) in [7, 11) is 2.18. The van der Waals surface area contributed by atoms with Crippen molar-refractivity contribution in [2.45, 2.75) is 25.2 Å². The molecule has 0 aliphatic carbocycles. The number of carbonyl (C=O) groups is 1. The predicted octanol–water partition coefficient (Wildman–Crippen LogP) is 2.08. The lowest BCUT2D eigenvalue weighted by Gasteiger charge is -2.37. The van der Waals surface area contributed by atoms with E-state index >= 15 is 0 Å². The highest BCUT2D eigenvalue weighted by atomic mass is 32.1. The molecule has 0 saturated carbocycles. The molecule has 0 aromatic carbocycles. The van der Waals surface area contributed by atoms with Crippen molar-refractivity contribution in [3.63, 3.8) is 0 Å². The van der Waals surface area contributed by atoms with E-state index in [0.29, 0.717) is 0 Å². The summed E-state index contributed by atoms with van der Waals surface area (Å²) >= 11 is 1.83. The topological polar surface area (TPSA) is 23.6 Å². The molecule has 3 heterocycles. The lowest BCUT2D eigenvalue weighted by Crippen LogP contribution is -2.44. The van der Waals surface area contributed by atoms with Crippen LogP contribution in [-0.4, -0.2) is 37.5 Å². The highest BCUT2D eigenvalue weighted by Gasteiger charge is 2.46. The van der Waals surface area contributed by atoms with E-state index in [1.165, 1.54) is 23.4 Å². The van der Waals surface area contributed by atoms with Crippen molar-refractivity contribution in [3.05, 3.63) is 16.3 Å². The molecule has 1 amide bonds. The van der Waals surface area contributed by atoms with Crippen LogP contribution < -0.4 is 4.90 Å².